The van der Waals surface area contributed by atoms with Gasteiger partial charge in [0.05, 0.1) is 24.4 Å². The molecule has 190 valence electrons. The van der Waals surface area contributed by atoms with Crippen LogP contribution >= 0.6 is 22.9 Å². The van der Waals surface area contributed by atoms with E-state index in [0.717, 1.165) is 16.9 Å². The summed E-state index contributed by atoms with van der Waals surface area (Å²) < 4.78 is 10.4. The standard InChI is InChI=1S/C27H23ClN2O6S/c1-5-12-36-19-11-8-17(13-14(19)2)22(31)20-21(16-6-9-18(28)10-7-16)30(25(33)23(20)32)27-29-15(3)24(37-27)26(34)35-4/h5-11,13,21,31H,1,12H2,2-4H3/b22-20-. The lowest BCUT2D eigenvalue weighted by molar-refractivity contribution is -0.132. The highest BCUT2D eigenvalue weighted by Gasteiger charge is 2.48. The number of esters is 1. The molecule has 2 heterocycles. The van der Waals surface area contributed by atoms with Crippen molar-refractivity contribution in [1.82, 2.24) is 4.98 Å². The van der Waals surface area contributed by atoms with Crippen molar-refractivity contribution in [2.24, 2.45) is 0 Å². The fourth-order valence-corrected chi connectivity index (χ4v) is 5.16. The predicted octanol–water partition coefficient (Wildman–Crippen LogP) is 5.39. The molecule has 0 bridgehead atoms. The average Bonchev–Trinajstić information content (AvgIpc) is 3.39. The van der Waals surface area contributed by atoms with Crippen LogP contribution in [0.1, 0.15) is 38.1 Å². The maximum absolute atomic E-state index is 13.3. The van der Waals surface area contributed by atoms with E-state index in [1.807, 2.05) is 0 Å². The SMILES string of the molecule is C=CCOc1ccc(/C(O)=C2/C(=O)C(=O)N(c3nc(C)c(C(=O)OC)s3)C2c2ccc(Cl)cc2)cc1C. The normalized spacial score (nSPS) is 16.6. The van der Waals surface area contributed by atoms with E-state index in [1.54, 1.807) is 62.4 Å². The van der Waals surface area contributed by atoms with Crippen LogP contribution in [0.2, 0.25) is 5.02 Å². The van der Waals surface area contributed by atoms with Crippen LogP contribution in [-0.4, -0.2) is 41.5 Å². The molecular weight excluding hydrogens is 516 g/mol. The van der Waals surface area contributed by atoms with Crippen LogP contribution in [0.25, 0.3) is 5.76 Å². The smallest absolute Gasteiger partial charge is 0.350 e. The fourth-order valence-electron chi connectivity index (χ4n) is 4.02. The van der Waals surface area contributed by atoms with Crippen LogP contribution in [0, 0.1) is 13.8 Å². The lowest BCUT2D eigenvalue weighted by atomic mass is 9.95. The van der Waals surface area contributed by atoms with Crippen molar-refractivity contribution in [3.8, 4) is 5.75 Å². The monoisotopic (exact) mass is 538 g/mol. The molecule has 0 saturated carbocycles. The van der Waals surface area contributed by atoms with Gasteiger partial charge in [-0.25, -0.2) is 9.78 Å². The molecule has 2 aromatic carbocycles. The molecule has 1 unspecified atom stereocenters. The van der Waals surface area contributed by atoms with Gasteiger partial charge in [-0.2, -0.15) is 0 Å². The number of hydrogen-bond acceptors (Lipinski definition) is 8. The largest absolute Gasteiger partial charge is 0.507 e. The number of thiazole rings is 1. The topological polar surface area (TPSA) is 106 Å². The minimum atomic E-state index is -1.01. The molecule has 0 aliphatic carbocycles. The molecule has 1 fully saturated rings. The van der Waals surface area contributed by atoms with Gasteiger partial charge in [0.15, 0.2) is 5.13 Å². The van der Waals surface area contributed by atoms with Crippen molar-refractivity contribution in [3.63, 3.8) is 0 Å². The van der Waals surface area contributed by atoms with E-state index in [1.165, 1.54) is 12.0 Å². The Morgan fingerprint density at radius 2 is 1.92 bits per heavy atom. The highest BCUT2D eigenvalue weighted by molar-refractivity contribution is 7.17. The summed E-state index contributed by atoms with van der Waals surface area (Å²) in [4.78, 5) is 44.6. The zero-order valence-electron chi connectivity index (χ0n) is 20.3. The molecule has 3 aromatic rings. The number of benzene rings is 2. The van der Waals surface area contributed by atoms with Crippen molar-refractivity contribution in [2.45, 2.75) is 19.9 Å². The van der Waals surface area contributed by atoms with Crippen LogP contribution in [0.3, 0.4) is 0 Å². The number of aliphatic hydroxyl groups excluding tert-OH is 1. The van der Waals surface area contributed by atoms with E-state index in [-0.39, 0.29) is 21.3 Å². The summed E-state index contributed by atoms with van der Waals surface area (Å²) in [5.74, 6) is -2.11. The van der Waals surface area contributed by atoms with E-state index in [2.05, 4.69) is 11.6 Å². The summed E-state index contributed by atoms with van der Waals surface area (Å²) in [7, 11) is 1.25. The van der Waals surface area contributed by atoms with Gasteiger partial charge in [0.1, 0.15) is 23.0 Å². The Morgan fingerprint density at radius 1 is 1.22 bits per heavy atom. The zero-order valence-corrected chi connectivity index (χ0v) is 21.9. The van der Waals surface area contributed by atoms with Crippen LogP contribution in [0.4, 0.5) is 5.13 Å². The van der Waals surface area contributed by atoms with Crippen molar-refractivity contribution >= 4 is 51.5 Å². The Labute approximate surface area is 222 Å². The minimum absolute atomic E-state index is 0.112. The van der Waals surface area contributed by atoms with E-state index >= 15 is 0 Å². The Hall–Kier alpha value is -3.95. The van der Waals surface area contributed by atoms with Gasteiger partial charge >= 0.3 is 11.9 Å². The van der Waals surface area contributed by atoms with Gasteiger partial charge in [0.25, 0.3) is 5.78 Å². The molecule has 4 rings (SSSR count). The number of nitrogens with zero attached hydrogens (tertiary/aromatic N) is 2. The second-order valence-electron chi connectivity index (χ2n) is 8.20. The molecule has 1 N–H and O–H groups in total. The Bertz CT molecular complexity index is 1440. The van der Waals surface area contributed by atoms with E-state index in [4.69, 9.17) is 21.1 Å². The van der Waals surface area contributed by atoms with Gasteiger partial charge in [-0.3, -0.25) is 14.5 Å². The molecule has 1 aromatic heterocycles. The molecule has 1 atom stereocenters. The van der Waals surface area contributed by atoms with Crippen LogP contribution in [0.15, 0.2) is 60.7 Å². The van der Waals surface area contributed by atoms with E-state index < -0.39 is 23.7 Å². The number of anilines is 1. The number of hydrogen-bond donors (Lipinski definition) is 1. The van der Waals surface area contributed by atoms with E-state index in [0.29, 0.717) is 34.2 Å². The number of aromatic nitrogens is 1. The highest BCUT2D eigenvalue weighted by Crippen LogP contribution is 2.44. The Kier molecular flexibility index (Phi) is 7.47. The number of Topliss-reactive ketones (excluding diaryl/α,β-unsaturated/α-hetero) is 1. The third-order valence-corrected chi connectivity index (χ3v) is 7.19. The highest BCUT2D eigenvalue weighted by atomic mass is 35.5. The van der Waals surface area contributed by atoms with Crippen molar-refractivity contribution in [3.05, 3.63) is 93.0 Å². The first-order chi connectivity index (χ1) is 17.7. The molecule has 1 saturated heterocycles. The average molecular weight is 539 g/mol. The van der Waals surface area contributed by atoms with Gasteiger partial charge in [-0.1, -0.05) is 47.7 Å². The van der Waals surface area contributed by atoms with Gasteiger partial charge in [0.2, 0.25) is 0 Å². The number of aliphatic hydroxyl groups is 1. The molecule has 1 aliphatic heterocycles. The first kappa shape index (κ1) is 26.1. The molecule has 0 spiro atoms. The maximum atomic E-state index is 13.3. The summed E-state index contributed by atoms with van der Waals surface area (Å²) in [5.41, 5.74) is 1.83. The Balaban J connectivity index is 1.89. The number of rotatable bonds is 7. The zero-order chi connectivity index (χ0) is 26.9. The lowest BCUT2D eigenvalue weighted by Crippen LogP contribution is -2.29. The van der Waals surface area contributed by atoms with E-state index in [9.17, 15) is 19.5 Å². The maximum Gasteiger partial charge on any atom is 0.350 e. The van der Waals surface area contributed by atoms with Crippen molar-refractivity contribution < 1.29 is 29.0 Å². The first-order valence-corrected chi connectivity index (χ1v) is 12.3. The van der Waals surface area contributed by atoms with Gasteiger partial charge in [-0.15, -0.1) is 0 Å². The first-order valence-electron chi connectivity index (χ1n) is 11.1. The molecule has 1 aliphatic rings. The van der Waals surface area contributed by atoms with Gasteiger partial charge in [-0.05, 0) is 55.3 Å². The second-order valence-corrected chi connectivity index (χ2v) is 9.62. The number of carbonyl (C=O) groups excluding carboxylic acids is 3. The summed E-state index contributed by atoms with van der Waals surface area (Å²) in [6.45, 7) is 7.36. The molecule has 1 amide bonds. The number of ketones is 1. The number of aryl methyl sites for hydroxylation is 2. The molecule has 10 heteroatoms. The lowest BCUT2D eigenvalue weighted by Gasteiger charge is -2.23. The van der Waals surface area contributed by atoms with Crippen LogP contribution < -0.4 is 9.64 Å². The number of amides is 1. The number of ether oxygens (including phenoxy) is 2. The summed E-state index contributed by atoms with van der Waals surface area (Å²) in [6.07, 6.45) is 1.62. The number of carbonyl (C=O) groups is 3. The Morgan fingerprint density at radius 3 is 2.54 bits per heavy atom. The minimum Gasteiger partial charge on any atom is -0.507 e. The molecule has 0 radical (unpaired) electrons. The summed E-state index contributed by atoms with van der Waals surface area (Å²) in [5, 5.41) is 11.9. The molecule has 8 nitrogen and oxygen atoms in total. The summed E-state index contributed by atoms with van der Waals surface area (Å²) >= 11 is 7.01. The predicted molar refractivity (Wildman–Crippen MR) is 141 cm³/mol. The van der Waals surface area contributed by atoms with Gasteiger partial charge in [0, 0.05) is 10.6 Å². The van der Waals surface area contributed by atoms with Crippen LogP contribution in [-0.2, 0) is 14.3 Å². The molecular formula is C27H23ClN2O6S. The third-order valence-electron chi connectivity index (χ3n) is 5.80. The quantitative estimate of drug-likeness (QED) is 0.141. The molecule has 37 heavy (non-hydrogen) atoms. The summed E-state index contributed by atoms with van der Waals surface area (Å²) in [6, 6.07) is 10.5. The van der Waals surface area contributed by atoms with Crippen molar-refractivity contribution in [2.75, 3.05) is 18.6 Å². The van der Waals surface area contributed by atoms with Crippen molar-refractivity contribution in [1.29, 1.82) is 0 Å². The number of methoxy groups -OCH3 is 1. The fraction of sp³-hybridized carbons (Fsp3) is 0.185. The van der Waals surface area contributed by atoms with Crippen LogP contribution in [0.5, 0.6) is 5.75 Å². The third kappa shape index (κ3) is 4.87. The van der Waals surface area contributed by atoms with Gasteiger partial charge < -0.3 is 14.6 Å². The number of halogens is 1. The second kappa shape index (κ2) is 10.6.